The number of rotatable bonds is 1. The first-order valence-electron chi connectivity index (χ1n) is 4.32. The minimum atomic E-state index is 0.305. The highest BCUT2D eigenvalue weighted by atomic mass is 16.7. The van der Waals surface area contributed by atoms with Crippen molar-refractivity contribution in [2.75, 3.05) is 6.79 Å². The monoisotopic (exact) mass is 188 g/mol. The van der Waals surface area contributed by atoms with Gasteiger partial charge in [0.25, 0.3) is 0 Å². The first-order valence-corrected chi connectivity index (χ1v) is 4.32. The van der Waals surface area contributed by atoms with Crippen LogP contribution in [0.15, 0.2) is 30.7 Å². The molecule has 2 heterocycles. The Morgan fingerprint density at radius 1 is 1.21 bits per heavy atom. The Bertz CT molecular complexity index is 451. The Hall–Kier alpha value is -1.97. The van der Waals surface area contributed by atoms with E-state index in [1.54, 1.807) is 6.33 Å². The molecule has 14 heavy (non-hydrogen) atoms. The number of nitrogens with zero attached hydrogens (tertiary/aromatic N) is 1. The van der Waals surface area contributed by atoms with Gasteiger partial charge in [-0.3, -0.25) is 0 Å². The van der Waals surface area contributed by atoms with Crippen molar-refractivity contribution >= 4 is 0 Å². The lowest BCUT2D eigenvalue weighted by Gasteiger charge is -1.98. The van der Waals surface area contributed by atoms with Gasteiger partial charge >= 0.3 is 0 Å². The van der Waals surface area contributed by atoms with E-state index in [-0.39, 0.29) is 0 Å². The van der Waals surface area contributed by atoms with Gasteiger partial charge in [-0.1, -0.05) is 0 Å². The minimum absolute atomic E-state index is 0.305. The van der Waals surface area contributed by atoms with E-state index in [9.17, 15) is 0 Å². The van der Waals surface area contributed by atoms with Crippen molar-refractivity contribution in [2.24, 2.45) is 0 Å². The Balaban J connectivity index is 2.09. The molecule has 1 N–H and O–H groups in total. The molecule has 0 bridgehead atoms. The maximum Gasteiger partial charge on any atom is 0.231 e. The summed E-state index contributed by atoms with van der Waals surface area (Å²) in [6, 6.07) is 5.79. The summed E-state index contributed by atoms with van der Waals surface area (Å²) in [5.41, 5.74) is 1.93. The van der Waals surface area contributed by atoms with Crippen LogP contribution in [0.3, 0.4) is 0 Å². The number of hydrogen-bond acceptors (Lipinski definition) is 3. The van der Waals surface area contributed by atoms with Crippen LogP contribution in [-0.4, -0.2) is 16.8 Å². The molecular weight excluding hydrogens is 180 g/mol. The zero-order valence-corrected chi connectivity index (χ0v) is 7.36. The molecule has 1 aliphatic heterocycles. The highest BCUT2D eigenvalue weighted by Crippen LogP contribution is 2.35. The van der Waals surface area contributed by atoms with Crippen LogP contribution >= 0.6 is 0 Å². The van der Waals surface area contributed by atoms with E-state index < -0.39 is 0 Å². The Morgan fingerprint density at radius 2 is 2.14 bits per heavy atom. The van der Waals surface area contributed by atoms with Crippen LogP contribution in [0.4, 0.5) is 0 Å². The molecule has 0 amide bonds. The summed E-state index contributed by atoms with van der Waals surface area (Å²) in [5, 5.41) is 0. The number of H-pyrrole nitrogens is 1. The first kappa shape index (κ1) is 7.44. The van der Waals surface area contributed by atoms with E-state index in [1.165, 1.54) is 0 Å². The van der Waals surface area contributed by atoms with Gasteiger partial charge in [0.2, 0.25) is 6.79 Å². The van der Waals surface area contributed by atoms with Crippen LogP contribution < -0.4 is 9.47 Å². The maximum absolute atomic E-state index is 5.28. The Kier molecular flexibility index (Phi) is 1.47. The fourth-order valence-electron chi connectivity index (χ4n) is 1.47. The molecule has 1 aliphatic rings. The quantitative estimate of drug-likeness (QED) is 0.742. The summed E-state index contributed by atoms with van der Waals surface area (Å²) in [7, 11) is 0. The molecule has 0 saturated heterocycles. The van der Waals surface area contributed by atoms with E-state index in [0.717, 1.165) is 22.8 Å². The first-order chi connectivity index (χ1) is 6.93. The normalized spacial score (nSPS) is 13.1. The molecule has 0 spiro atoms. The third-order valence-corrected chi connectivity index (χ3v) is 2.17. The largest absolute Gasteiger partial charge is 0.454 e. The van der Waals surface area contributed by atoms with Crippen molar-refractivity contribution in [1.29, 1.82) is 0 Å². The molecule has 0 radical (unpaired) electrons. The van der Waals surface area contributed by atoms with Crippen molar-refractivity contribution in [1.82, 2.24) is 9.97 Å². The molecule has 70 valence electrons. The predicted molar refractivity (Wildman–Crippen MR) is 50.1 cm³/mol. The number of aromatic nitrogens is 2. The molecule has 0 atom stereocenters. The lowest BCUT2D eigenvalue weighted by atomic mass is 10.1. The fourth-order valence-corrected chi connectivity index (χ4v) is 1.47. The summed E-state index contributed by atoms with van der Waals surface area (Å²) in [6.07, 6.45) is 3.50. The van der Waals surface area contributed by atoms with Gasteiger partial charge in [-0.15, -0.1) is 0 Å². The fraction of sp³-hybridized carbons (Fsp3) is 0.100. The van der Waals surface area contributed by atoms with Gasteiger partial charge in [-0.2, -0.15) is 0 Å². The number of aromatic amines is 1. The molecule has 0 unspecified atom stereocenters. The number of fused-ring (bicyclic) bond motifs is 1. The van der Waals surface area contributed by atoms with Crippen molar-refractivity contribution in [2.45, 2.75) is 0 Å². The van der Waals surface area contributed by atoms with Crippen LogP contribution in [0.2, 0.25) is 0 Å². The summed E-state index contributed by atoms with van der Waals surface area (Å²) >= 11 is 0. The van der Waals surface area contributed by atoms with Crippen LogP contribution in [0.25, 0.3) is 11.3 Å². The standard InChI is InChI=1S/C10H8N2O2/c1-2-9-10(14-6-13-9)3-7(1)8-4-11-5-12-8/h1-5H,6H2,(H,11,12). The van der Waals surface area contributed by atoms with Gasteiger partial charge in [0.15, 0.2) is 11.5 Å². The molecule has 2 aromatic rings. The summed E-state index contributed by atoms with van der Waals surface area (Å²) < 4.78 is 10.5. The lowest BCUT2D eigenvalue weighted by molar-refractivity contribution is 0.174. The van der Waals surface area contributed by atoms with Crippen molar-refractivity contribution in [3.63, 3.8) is 0 Å². The average Bonchev–Trinajstić information content (AvgIpc) is 2.88. The van der Waals surface area contributed by atoms with Gasteiger partial charge < -0.3 is 14.5 Å². The molecule has 3 rings (SSSR count). The van der Waals surface area contributed by atoms with E-state index in [1.807, 2.05) is 24.4 Å². The number of ether oxygens (including phenoxy) is 2. The number of nitrogens with one attached hydrogen (secondary N) is 1. The van der Waals surface area contributed by atoms with E-state index in [4.69, 9.17) is 9.47 Å². The number of hydrogen-bond donors (Lipinski definition) is 1. The van der Waals surface area contributed by atoms with Gasteiger partial charge in [0.05, 0.1) is 12.0 Å². The van der Waals surface area contributed by atoms with Gasteiger partial charge in [-0.05, 0) is 18.2 Å². The number of benzene rings is 1. The highest BCUT2D eigenvalue weighted by Gasteiger charge is 2.13. The highest BCUT2D eigenvalue weighted by molar-refractivity contribution is 5.63. The topological polar surface area (TPSA) is 47.1 Å². The Morgan fingerprint density at radius 3 is 3.00 bits per heavy atom. The average molecular weight is 188 g/mol. The van der Waals surface area contributed by atoms with Crippen LogP contribution in [0, 0.1) is 0 Å². The van der Waals surface area contributed by atoms with Crippen molar-refractivity contribution in [3.05, 3.63) is 30.7 Å². The zero-order chi connectivity index (χ0) is 9.38. The van der Waals surface area contributed by atoms with Gasteiger partial charge in [-0.25, -0.2) is 4.98 Å². The molecular formula is C10H8N2O2. The maximum atomic E-state index is 5.28. The SMILES string of the molecule is c1nc(-c2ccc3c(c2)OCO3)c[nH]1. The smallest absolute Gasteiger partial charge is 0.231 e. The third kappa shape index (κ3) is 1.04. The predicted octanol–water partition coefficient (Wildman–Crippen LogP) is 1.81. The summed E-state index contributed by atoms with van der Waals surface area (Å²) in [6.45, 7) is 0.305. The van der Waals surface area contributed by atoms with Crippen LogP contribution in [0.1, 0.15) is 0 Å². The van der Waals surface area contributed by atoms with E-state index >= 15 is 0 Å². The minimum Gasteiger partial charge on any atom is -0.454 e. The lowest BCUT2D eigenvalue weighted by Crippen LogP contribution is -1.92. The molecule has 4 nitrogen and oxygen atoms in total. The summed E-state index contributed by atoms with van der Waals surface area (Å²) in [5.74, 6) is 1.58. The second kappa shape index (κ2) is 2.77. The summed E-state index contributed by atoms with van der Waals surface area (Å²) in [4.78, 5) is 7.07. The molecule has 0 fully saturated rings. The number of imidazole rings is 1. The Labute approximate surface area is 80.5 Å². The molecule has 4 heteroatoms. The van der Waals surface area contributed by atoms with Gasteiger partial charge in [0.1, 0.15) is 0 Å². The third-order valence-electron chi connectivity index (χ3n) is 2.17. The van der Waals surface area contributed by atoms with Crippen molar-refractivity contribution < 1.29 is 9.47 Å². The molecule has 1 aromatic carbocycles. The second-order valence-corrected chi connectivity index (χ2v) is 3.02. The molecule has 0 aliphatic carbocycles. The second-order valence-electron chi connectivity index (χ2n) is 3.02. The van der Waals surface area contributed by atoms with Crippen molar-refractivity contribution in [3.8, 4) is 22.8 Å². The van der Waals surface area contributed by atoms with E-state index in [0.29, 0.717) is 6.79 Å². The van der Waals surface area contributed by atoms with Crippen LogP contribution in [-0.2, 0) is 0 Å². The van der Waals surface area contributed by atoms with E-state index in [2.05, 4.69) is 9.97 Å². The van der Waals surface area contributed by atoms with Crippen LogP contribution in [0.5, 0.6) is 11.5 Å². The zero-order valence-electron chi connectivity index (χ0n) is 7.36. The van der Waals surface area contributed by atoms with Gasteiger partial charge in [0, 0.05) is 11.8 Å². The molecule has 0 saturated carbocycles. The molecule has 1 aromatic heterocycles.